The topological polar surface area (TPSA) is 80.3 Å². The van der Waals surface area contributed by atoms with Gasteiger partial charge in [0.15, 0.2) is 12.4 Å². The molecule has 7 heteroatoms. The Morgan fingerprint density at radius 3 is 2.54 bits per heavy atom. The zero-order chi connectivity index (χ0) is 24.5. The second-order valence-corrected chi connectivity index (χ2v) is 8.15. The lowest BCUT2D eigenvalue weighted by Crippen LogP contribution is -2.32. The van der Waals surface area contributed by atoms with E-state index in [1.54, 1.807) is 36.5 Å². The van der Waals surface area contributed by atoms with Gasteiger partial charge in [-0.2, -0.15) is 0 Å². The zero-order valence-corrected chi connectivity index (χ0v) is 19.7. The molecule has 1 aromatic heterocycles. The normalized spacial score (nSPS) is 10.9. The minimum atomic E-state index is -0.212. The molecule has 0 aliphatic heterocycles. The van der Waals surface area contributed by atoms with Gasteiger partial charge in [0, 0.05) is 40.9 Å². The molecule has 0 unspecified atom stereocenters. The number of carbonyl (C=O) groups is 2. The number of ether oxygens (including phenoxy) is 1. The van der Waals surface area contributed by atoms with Gasteiger partial charge in [0.1, 0.15) is 5.75 Å². The third-order valence-corrected chi connectivity index (χ3v) is 5.44. The lowest BCUT2D eigenvalue weighted by atomic mass is 10.1. The SMILES string of the molecule is O=C(COc1ccc(/C=C/C(=O)c2ccccc2)cc1)NCCNc1ccnc2cc(Cl)ccc12. The average molecular weight is 486 g/mol. The number of fused-ring (bicyclic) bond motifs is 1. The van der Waals surface area contributed by atoms with E-state index in [0.717, 1.165) is 22.2 Å². The van der Waals surface area contributed by atoms with E-state index < -0.39 is 0 Å². The lowest BCUT2D eigenvalue weighted by Gasteiger charge is -2.11. The number of hydrogen-bond acceptors (Lipinski definition) is 5. The molecule has 0 saturated heterocycles. The van der Waals surface area contributed by atoms with Crippen LogP contribution in [0.3, 0.4) is 0 Å². The molecule has 0 aliphatic rings. The average Bonchev–Trinajstić information content (AvgIpc) is 2.89. The van der Waals surface area contributed by atoms with E-state index in [0.29, 0.717) is 29.4 Å². The number of rotatable bonds is 10. The zero-order valence-electron chi connectivity index (χ0n) is 18.9. The van der Waals surface area contributed by atoms with Crippen molar-refractivity contribution in [3.63, 3.8) is 0 Å². The maximum atomic E-state index is 12.2. The molecule has 176 valence electrons. The number of pyridine rings is 1. The summed E-state index contributed by atoms with van der Waals surface area (Å²) in [6.07, 6.45) is 5.01. The third kappa shape index (κ3) is 6.91. The van der Waals surface area contributed by atoms with Crippen LogP contribution in [0.4, 0.5) is 5.69 Å². The quantitative estimate of drug-likeness (QED) is 0.179. The van der Waals surface area contributed by atoms with Gasteiger partial charge in [-0.25, -0.2) is 0 Å². The highest BCUT2D eigenvalue weighted by Crippen LogP contribution is 2.24. The molecule has 0 spiro atoms. The van der Waals surface area contributed by atoms with Gasteiger partial charge in [-0.15, -0.1) is 0 Å². The van der Waals surface area contributed by atoms with Crippen LogP contribution in [0.2, 0.25) is 5.02 Å². The molecule has 0 bridgehead atoms. The summed E-state index contributed by atoms with van der Waals surface area (Å²) in [6.45, 7) is 0.910. The fraction of sp³-hybridized carbons (Fsp3) is 0.107. The Hall–Kier alpha value is -4.16. The molecule has 4 aromatic rings. The highest BCUT2D eigenvalue weighted by Gasteiger charge is 2.05. The van der Waals surface area contributed by atoms with Crippen LogP contribution in [0.1, 0.15) is 15.9 Å². The molecule has 6 nitrogen and oxygen atoms in total. The molecule has 1 amide bonds. The number of amides is 1. The number of anilines is 1. The third-order valence-electron chi connectivity index (χ3n) is 5.20. The first kappa shape index (κ1) is 24.0. The van der Waals surface area contributed by atoms with Crippen molar-refractivity contribution in [2.24, 2.45) is 0 Å². The van der Waals surface area contributed by atoms with Crippen molar-refractivity contribution in [2.75, 3.05) is 25.0 Å². The van der Waals surface area contributed by atoms with Gasteiger partial charge in [-0.05, 0) is 48.0 Å². The number of aromatic nitrogens is 1. The molecule has 0 saturated carbocycles. The highest BCUT2D eigenvalue weighted by atomic mass is 35.5. The molecule has 0 aliphatic carbocycles. The van der Waals surface area contributed by atoms with Crippen LogP contribution in [0.25, 0.3) is 17.0 Å². The monoisotopic (exact) mass is 485 g/mol. The van der Waals surface area contributed by atoms with Crippen molar-refractivity contribution in [1.29, 1.82) is 0 Å². The van der Waals surface area contributed by atoms with E-state index in [2.05, 4.69) is 15.6 Å². The van der Waals surface area contributed by atoms with E-state index in [4.69, 9.17) is 16.3 Å². The second kappa shape index (κ2) is 11.8. The largest absolute Gasteiger partial charge is 0.484 e. The summed E-state index contributed by atoms with van der Waals surface area (Å²) in [5.74, 6) is 0.306. The number of hydrogen-bond donors (Lipinski definition) is 2. The fourth-order valence-corrected chi connectivity index (χ4v) is 3.59. The van der Waals surface area contributed by atoms with Crippen molar-refractivity contribution in [3.8, 4) is 5.75 Å². The summed E-state index contributed by atoms with van der Waals surface area (Å²) in [5, 5.41) is 7.74. The van der Waals surface area contributed by atoms with Gasteiger partial charge in [0.2, 0.25) is 0 Å². The molecular weight excluding hydrogens is 462 g/mol. The first-order valence-corrected chi connectivity index (χ1v) is 11.5. The van der Waals surface area contributed by atoms with Crippen LogP contribution >= 0.6 is 11.6 Å². The molecule has 0 atom stereocenters. The van der Waals surface area contributed by atoms with Gasteiger partial charge in [-0.3, -0.25) is 14.6 Å². The molecular formula is C28H24ClN3O3. The molecule has 35 heavy (non-hydrogen) atoms. The van der Waals surface area contributed by atoms with E-state index in [1.165, 1.54) is 6.08 Å². The second-order valence-electron chi connectivity index (χ2n) is 7.72. The number of halogens is 1. The molecule has 0 radical (unpaired) electrons. The van der Waals surface area contributed by atoms with Crippen LogP contribution in [0.5, 0.6) is 5.75 Å². The number of carbonyl (C=O) groups excluding carboxylic acids is 2. The molecule has 2 N–H and O–H groups in total. The minimum Gasteiger partial charge on any atom is -0.484 e. The van der Waals surface area contributed by atoms with Crippen LogP contribution < -0.4 is 15.4 Å². The van der Waals surface area contributed by atoms with Crippen molar-refractivity contribution < 1.29 is 14.3 Å². The molecule has 1 heterocycles. The molecule has 3 aromatic carbocycles. The summed E-state index contributed by atoms with van der Waals surface area (Å²) in [4.78, 5) is 28.6. The maximum Gasteiger partial charge on any atom is 0.258 e. The maximum absolute atomic E-state index is 12.2. The van der Waals surface area contributed by atoms with Crippen LogP contribution in [0, 0.1) is 0 Å². The van der Waals surface area contributed by atoms with Crippen molar-refractivity contribution in [3.05, 3.63) is 107 Å². The summed E-state index contributed by atoms with van der Waals surface area (Å²) in [7, 11) is 0. The number of nitrogens with one attached hydrogen (secondary N) is 2. The highest BCUT2D eigenvalue weighted by molar-refractivity contribution is 6.31. The summed E-state index contributed by atoms with van der Waals surface area (Å²) in [6, 6.07) is 23.7. The van der Waals surface area contributed by atoms with Gasteiger partial charge in [0.25, 0.3) is 5.91 Å². The van der Waals surface area contributed by atoms with Crippen molar-refractivity contribution in [1.82, 2.24) is 10.3 Å². The Morgan fingerprint density at radius 1 is 0.943 bits per heavy atom. The Morgan fingerprint density at radius 2 is 1.74 bits per heavy atom. The van der Waals surface area contributed by atoms with Crippen molar-refractivity contribution in [2.45, 2.75) is 0 Å². The lowest BCUT2D eigenvalue weighted by molar-refractivity contribution is -0.123. The molecule has 0 fully saturated rings. The summed E-state index contributed by atoms with van der Waals surface area (Å²) >= 11 is 6.03. The van der Waals surface area contributed by atoms with E-state index in [-0.39, 0.29) is 18.3 Å². The predicted octanol–water partition coefficient (Wildman–Crippen LogP) is 5.39. The minimum absolute atomic E-state index is 0.0568. The van der Waals surface area contributed by atoms with Gasteiger partial charge in [0.05, 0.1) is 5.52 Å². The van der Waals surface area contributed by atoms with E-state index in [1.807, 2.05) is 54.6 Å². The summed E-state index contributed by atoms with van der Waals surface area (Å²) in [5.41, 5.74) is 3.24. The van der Waals surface area contributed by atoms with Crippen LogP contribution in [-0.2, 0) is 4.79 Å². The Labute approximate surface area is 208 Å². The predicted molar refractivity (Wildman–Crippen MR) is 140 cm³/mol. The van der Waals surface area contributed by atoms with E-state index >= 15 is 0 Å². The summed E-state index contributed by atoms with van der Waals surface area (Å²) < 4.78 is 5.56. The Balaban J connectivity index is 1.19. The fourth-order valence-electron chi connectivity index (χ4n) is 3.42. The number of nitrogens with zero attached hydrogens (tertiary/aromatic N) is 1. The Kier molecular flexibility index (Phi) is 8.09. The standard InChI is InChI=1S/C28H24ClN3O3/c29-22-9-12-24-25(14-15-30-26(24)18-22)31-16-17-32-28(34)19-35-23-10-6-20(7-11-23)8-13-27(33)21-4-2-1-3-5-21/h1-15,18H,16-17,19H2,(H,30,31)(H,32,34)/b13-8+. The van der Waals surface area contributed by atoms with Crippen LogP contribution in [-0.4, -0.2) is 36.4 Å². The first-order chi connectivity index (χ1) is 17.1. The number of benzene rings is 3. The first-order valence-electron chi connectivity index (χ1n) is 11.1. The van der Waals surface area contributed by atoms with Gasteiger partial charge < -0.3 is 15.4 Å². The Bertz CT molecular complexity index is 1340. The van der Waals surface area contributed by atoms with E-state index in [9.17, 15) is 9.59 Å². The van der Waals surface area contributed by atoms with Gasteiger partial charge >= 0.3 is 0 Å². The molecule has 4 rings (SSSR count). The number of allylic oxidation sites excluding steroid dienone is 1. The number of ketones is 1. The van der Waals surface area contributed by atoms with Crippen LogP contribution in [0.15, 0.2) is 91.1 Å². The van der Waals surface area contributed by atoms with Gasteiger partial charge in [-0.1, -0.05) is 60.1 Å². The van der Waals surface area contributed by atoms with Crippen molar-refractivity contribution >= 4 is 46.0 Å². The smallest absolute Gasteiger partial charge is 0.258 e.